The van der Waals surface area contributed by atoms with Gasteiger partial charge in [0.05, 0.1) is 200 Å². The number of anilines is 2. The van der Waals surface area contributed by atoms with Crippen LogP contribution >= 0.6 is 22.7 Å². The van der Waals surface area contributed by atoms with E-state index in [1.165, 1.54) is 136 Å². The number of aliphatic hydroxyl groups excluding tert-OH is 1. The molecule has 19 heterocycles. The molecule has 25 rings (SSSR count). The van der Waals surface area contributed by atoms with Gasteiger partial charge in [0.1, 0.15) is 98.2 Å². The maximum Gasteiger partial charge on any atom is 0.291 e. The van der Waals surface area contributed by atoms with Crippen LogP contribution in [0.15, 0.2) is 162 Å². The number of pyridine rings is 5. The number of morpholine rings is 2. The van der Waals surface area contributed by atoms with Gasteiger partial charge in [0.25, 0.3) is 41.4 Å². The van der Waals surface area contributed by atoms with E-state index in [1.807, 2.05) is 15.7 Å². The Labute approximate surface area is 854 Å². The summed E-state index contributed by atoms with van der Waals surface area (Å²) in [7, 11) is 0. The Balaban J connectivity index is 0.000000110. The number of likely N-dealkylation sites (tertiary alicyclic amines) is 1. The molecular formula is C104H87F10N23O11S2. The fraction of sp³-hybridized carbons (Fsp3) is 0.279. The standard InChI is InChI=1S/C22H18F2N4O2S.C22H18F2N4O2.C21H18F2N4O3S.C20H17F2N5O2.C19H16F2N6O2/c23-13-2-1-3-14(24)19(13)15-8-12(18-16(26-15)9-25-20(18)29)21-27-17(10-31-21)28-6-7-30-22(11-28)4-5-22;23-13-4-3-5-14(24)20(13)17-10-12(19-18(27-17)11-25-21(19)29)15-6-7-16(26-15)22(30)28-8-1-2-9-28;22-13-2-1-3-14(23)19(13)15-6-12(18-16(25-15)7-24-20(18)29)21-26-17(10-31-21)27-4-5-30-9-11(27)8-28;21-12-2-1-3-13(22)17(12)14-8-16(18-15(25-14)9-23-20(18)28)27-10-24-19(26-27)11-4-6-29-7-5-11;1-9(2)24-19(29)17-23-8-27(26-17)14-6-12(15-10(20)4-3-5-11(15)21)25-13-7-22-18(28)16(13)14/h1-3,8,10H,4-7,9,11H2,(H,25,29);3-5,7,10H,1-2,6,8-9,11H2,(H,25,29);1-3,6,10-11,28H,4-5,7-9H2,(H,24,29);1-3,8,10-11H,4-7,9H2,(H,23,28);3-6,8-9H,7H2,1-2H3,(H,22,28)(H,24,29)/t;;11-;;/m..0../s1. The fourth-order valence-electron chi connectivity index (χ4n) is 19.2. The van der Waals surface area contributed by atoms with Gasteiger partial charge in [0, 0.05) is 91.8 Å². The van der Waals surface area contributed by atoms with E-state index < -0.39 is 70.0 Å². The van der Waals surface area contributed by atoms with Gasteiger partial charge in [-0.3, -0.25) is 33.6 Å². The normalized spacial score (nSPS) is 16.9. The van der Waals surface area contributed by atoms with Crippen molar-refractivity contribution in [3.05, 3.63) is 288 Å². The monoisotopic (exact) mass is 2090 g/mol. The van der Waals surface area contributed by atoms with Crippen LogP contribution in [0.4, 0.5) is 55.5 Å². The van der Waals surface area contributed by atoms with Crippen molar-refractivity contribution in [2.24, 2.45) is 4.99 Å². The molecule has 34 nitrogen and oxygen atoms in total. The van der Waals surface area contributed by atoms with Gasteiger partial charge in [-0.1, -0.05) is 30.3 Å². The predicted molar refractivity (Wildman–Crippen MR) is 525 cm³/mol. The minimum Gasteiger partial charge on any atom is -0.394 e. The molecule has 4 saturated heterocycles. The van der Waals surface area contributed by atoms with Gasteiger partial charge in [-0.15, -0.1) is 27.8 Å². The number of carbonyl (C=O) groups excluding carboxylic acids is 7. The molecule has 0 radical (unpaired) electrons. The number of rotatable bonds is 17. The summed E-state index contributed by atoms with van der Waals surface area (Å²) in [5, 5.41) is 39.4. The maximum absolute atomic E-state index is 14.4. The molecule has 1 atom stereocenters. The lowest BCUT2D eigenvalue weighted by Crippen LogP contribution is -2.47. The second-order valence-corrected chi connectivity index (χ2v) is 38.4. The summed E-state index contributed by atoms with van der Waals surface area (Å²) in [4.78, 5) is 137. The summed E-state index contributed by atoms with van der Waals surface area (Å²) in [5.74, 6) is -7.24. The van der Waals surface area contributed by atoms with Crippen LogP contribution in [0.25, 0.3) is 88.8 Å². The van der Waals surface area contributed by atoms with E-state index >= 15 is 0 Å². The fourth-order valence-corrected chi connectivity index (χ4v) is 20.9. The second kappa shape index (κ2) is 41.9. The largest absolute Gasteiger partial charge is 0.394 e. The van der Waals surface area contributed by atoms with E-state index in [9.17, 15) is 82.6 Å². The molecule has 14 aromatic rings. The molecule has 5 aromatic carbocycles. The van der Waals surface area contributed by atoms with Crippen LogP contribution in [0.2, 0.25) is 0 Å². The van der Waals surface area contributed by atoms with E-state index in [2.05, 4.69) is 91.9 Å². The number of nitrogens with one attached hydrogen (secondary N) is 6. The minimum atomic E-state index is -0.781. The molecule has 11 aliphatic rings. The zero-order chi connectivity index (χ0) is 104. The molecular weight excluding hydrogens is 2000 g/mol. The van der Waals surface area contributed by atoms with E-state index in [4.69, 9.17) is 19.2 Å². The van der Waals surface area contributed by atoms with Crippen molar-refractivity contribution in [2.75, 3.05) is 82.2 Å². The van der Waals surface area contributed by atoms with Crippen LogP contribution in [-0.2, 0) is 51.7 Å². The topological polar surface area (TPSA) is 413 Å². The number of amides is 7. The van der Waals surface area contributed by atoms with Crippen LogP contribution < -0.4 is 41.7 Å². The van der Waals surface area contributed by atoms with Crippen LogP contribution in [0, 0.1) is 58.2 Å². The quantitative estimate of drug-likeness (QED) is 0.0416. The van der Waals surface area contributed by atoms with Gasteiger partial charge in [0.2, 0.25) is 5.82 Å². The lowest BCUT2D eigenvalue weighted by Gasteiger charge is -2.34. The molecule has 1 spiro atoms. The number of thiazole rings is 2. The summed E-state index contributed by atoms with van der Waals surface area (Å²) >= 11 is 2.73. The van der Waals surface area contributed by atoms with Gasteiger partial charge in [-0.2, -0.15) is 5.10 Å². The van der Waals surface area contributed by atoms with Gasteiger partial charge in [0.15, 0.2) is 5.82 Å². The Morgan fingerprint density at radius 3 is 1.33 bits per heavy atom. The Kier molecular flexibility index (Phi) is 27.8. The maximum atomic E-state index is 14.4. The number of nitrogens with zero attached hydrogens (tertiary/aromatic N) is 17. The average molecular weight is 2090 g/mol. The first-order chi connectivity index (χ1) is 72.6. The van der Waals surface area contributed by atoms with Crippen LogP contribution in [0.1, 0.15) is 167 Å². The third-order valence-electron chi connectivity index (χ3n) is 26.7. The Bertz CT molecular complexity index is 7800. The van der Waals surface area contributed by atoms with Gasteiger partial charge < -0.3 is 65.9 Å². The molecule has 0 unspecified atom stereocenters. The number of hydrogen-bond acceptors (Lipinski definition) is 27. The highest BCUT2D eigenvalue weighted by atomic mass is 32.1. The third-order valence-corrected chi connectivity index (χ3v) is 28.4. The third kappa shape index (κ3) is 19.9. The van der Waals surface area contributed by atoms with Crippen molar-refractivity contribution in [1.82, 2.24) is 101 Å². The van der Waals surface area contributed by atoms with E-state index in [0.29, 0.717) is 165 Å². The molecule has 46 heteroatoms. The van der Waals surface area contributed by atoms with Crippen molar-refractivity contribution in [3.63, 3.8) is 0 Å². The molecule has 1 aliphatic carbocycles. The number of carbonyl (C=O) groups is 7. The molecule has 0 bridgehead atoms. The number of halogens is 10. The molecule has 150 heavy (non-hydrogen) atoms. The predicted octanol–water partition coefficient (Wildman–Crippen LogP) is 14.1. The lowest BCUT2D eigenvalue weighted by atomic mass is 9.98. The number of aliphatic hydroxyl groups is 1. The number of hydrogen-bond donors (Lipinski definition) is 7. The number of benzene rings is 5. The number of aromatic nitrogens is 13. The SMILES string of the molecule is CC(C)NC(=O)c1ncn(-c2cc(-c3c(F)cccc3F)nc3c2C(=O)NC3)n1.O=C1NCc2nc(-c3c(F)cccc3F)cc(-c3nc(N4CCOC5(CC5)C4)cs3)c21.O=C1NCc2nc(-c3c(F)cccc3F)cc(-c3nc(N4CCOC[C@@H]4CO)cs3)c21.O=C1NCc2nc(-c3c(F)cccc3F)cc(-n3cnc(C4CCOCC4)n3)c21.O=C1NCc2nc(-c3c(F)cccc3F)cc(C3=NC(C(=O)N4CCCC4)=CC3)c21. The van der Waals surface area contributed by atoms with Crippen molar-refractivity contribution in [1.29, 1.82) is 0 Å². The van der Waals surface area contributed by atoms with Crippen LogP contribution in [0.5, 0.6) is 0 Å². The van der Waals surface area contributed by atoms with Crippen molar-refractivity contribution < 1.29 is 96.8 Å². The first-order valence-corrected chi connectivity index (χ1v) is 49.7. The molecule has 1 saturated carbocycles. The zero-order valence-corrected chi connectivity index (χ0v) is 81.3. The second-order valence-electron chi connectivity index (χ2n) is 36.7. The van der Waals surface area contributed by atoms with E-state index in [1.54, 1.807) is 30.9 Å². The number of allylic oxidation sites excluding steroid dienone is 1. The number of ether oxygens (including phenoxy) is 3. The van der Waals surface area contributed by atoms with Crippen LogP contribution in [0.3, 0.4) is 0 Å². The number of fused-ring (bicyclic) bond motifs is 5. The summed E-state index contributed by atoms with van der Waals surface area (Å²) in [6, 6.07) is 25.2. The summed E-state index contributed by atoms with van der Waals surface area (Å²) in [6.07, 6.45) is 10.6. The Morgan fingerprint density at radius 2 is 0.880 bits per heavy atom. The Morgan fingerprint density at radius 1 is 0.473 bits per heavy atom. The first-order valence-electron chi connectivity index (χ1n) is 48.0. The molecule has 7 amide bonds. The van der Waals surface area contributed by atoms with Crippen molar-refractivity contribution in [2.45, 2.75) is 115 Å². The highest BCUT2D eigenvalue weighted by molar-refractivity contribution is 7.14. The van der Waals surface area contributed by atoms with Crippen molar-refractivity contribution in [3.8, 4) is 88.8 Å². The van der Waals surface area contributed by atoms with E-state index in [0.717, 1.165) is 81.7 Å². The lowest BCUT2D eigenvalue weighted by molar-refractivity contribution is -0.126. The molecule has 10 aliphatic heterocycles. The zero-order valence-electron chi connectivity index (χ0n) is 79.7. The Hall–Kier alpha value is -16.2. The summed E-state index contributed by atoms with van der Waals surface area (Å²) in [5.41, 5.74) is 5.90. The van der Waals surface area contributed by atoms with Gasteiger partial charge in [-0.25, -0.2) is 103 Å². The average Bonchev–Trinajstić information content (AvgIpc) is 1.61. The number of aliphatic imine (C=N–C) groups is 1. The highest BCUT2D eigenvalue weighted by Gasteiger charge is 2.48. The molecule has 766 valence electrons. The molecule has 9 aromatic heterocycles. The minimum absolute atomic E-state index is 0.00883. The van der Waals surface area contributed by atoms with Gasteiger partial charge in [-0.05, 0) is 149 Å². The first kappa shape index (κ1) is 99.8. The van der Waals surface area contributed by atoms with Crippen molar-refractivity contribution >= 4 is 81.4 Å². The highest BCUT2D eigenvalue weighted by Crippen LogP contribution is 2.46. The van der Waals surface area contributed by atoms with E-state index in [-0.39, 0.29) is 166 Å². The smallest absolute Gasteiger partial charge is 0.291 e. The van der Waals surface area contributed by atoms with Gasteiger partial charge >= 0.3 is 0 Å². The summed E-state index contributed by atoms with van der Waals surface area (Å²) < 4.78 is 163. The molecule has 5 fully saturated rings. The van der Waals surface area contributed by atoms with Crippen LogP contribution in [-0.4, -0.2) is 212 Å². The summed E-state index contributed by atoms with van der Waals surface area (Å²) in [6.45, 7) is 10.8. The molecule has 7 N–H and O–H groups in total.